The molecule has 0 saturated carbocycles. The SMILES string of the molecule is Cc1cc(C)c(-c2nnc(CCl)o2)c(C)c1. The second-order valence-corrected chi connectivity index (χ2v) is 4.18. The number of rotatable bonds is 2. The summed E-state index contributed by atoms with van der Waals surface area (Å²) in [5.74, 6) is 1.25. The van der Waals surface area contributed by atoms with Crippen molar-refractivity contribution in [2.75, 3.05) is 0 Å². The first kappa shape index (κ1) is 11.1. The predicted octanol–water partition coefficient (Wildman–Crippen LogP) is 3.40. The summed E-state index contributed by atoms with van der Waals surface area (Å²) in [4.78, 5) is 0. The van der Waals surface area contributed by atoms with Crippen molar-refractivity contribution >= 4 is 11.6 Å². The predicted molar refractivity (Wildman–Crippen MR) is 63.5 cm³/mol. The lowest BCUT2D eigenvalue weighted by Gasteiger charge is -2.06. The Bertz CT molecular complexity index is 496. The molecule has 0 aliphatic carbocycles. The Balaban J connectivity index is 2.55. The van der Waals surface area contributed by atoms with Gasteiger partial charge in [0.25, 0.3) is 0 Å². The molecule has 0 bridgehead atoms. The van der Waals surface area contributed by atoms with Gasteiger partial charge in [-0.2, -0.15) is 0 Å². The van der Waals surface area contributed by atoms with Gasteiger partial charge in [-0.1, -0.05) is 17.7 Å². The first-order valence-corrected chi connectivity index (χ1v) is 5.62. The van der Waals surface area contributed by atoms with E-state index in [1.807, 2.05) is 13.8 Å². The zero-order valence-electron chi connectivity index (χ0n) is 9.54. The Labute approximate surface area is 99.5 Å². The fourth-order valence-electron chi connectivity index (χ4n) is 1.93. The second kappa shape index (κ2) is 4.26. The normalized spacial score (nSPS) is 10.8. The van der Waals surface area contributed by atoms with Crippen molar-refractivity contribution < 1.29 is 4.42 Å². The summed E-state index contributed by atoms with van der Waals surface area (Å²) in [6.07, 6.45) is 0. The van der Waals surface area contributed by atoms with Gasteiger partial charge < -0.3 is 4.42 Å². The molecule has 0 amide bonds. The third kappa shape index (κ3) is 1.95. The Hall–Kier alpha value is -1.35. The molecular formula is C12H13ClN2O. The summed E-state index contributed by atoms with van der Waals surface area (Å²) < 4.78 is 5.47. The maximum Gasteiger partial charge on any atom is 0.248 e. The summed E-state index contributed by atoms with van der Waals surface area (Å²) in [5, 5.41) is 7.87. The first-order chi connectivity index (χ1) is 7.61. The van der Waals surface area contributed by atoms with Crippen LogP contribution < -0.4 is 0 Å². The van der Waals surface area contributed by atoms with Crippen molar-refractivity contribution in [1.29, 1.82) is 0 Å². The van der Waals surface area contributed by atoms with E-state index < -0.39 is 0 Å². The van der Waals surface area contributed by atoms with Gasteiger partial charge in [0, 0.05) is 5.56 Å². The molecular weight excluding hydrogens is 224 g/mol. The van der Waals surface area contributed by atoms with E-state index in [0.717, 1.165) is 16.7 Å². The molecule has 0 N–H and O–H groups in total. The van der Waals surface area contributed by atoms with Crippen LogP contribution in [-0.4, -0.2) is 10.2 Å². The number of aromatic nitrogens is 2. The molecule has 0 saturated heterocycles. The lowest BCUT2D eigenvalue weighted by Crippen LogP contribution is -1.90. The number of benzene rings is 1. The molecule has 1 heterocycles. The van der Waals surface area contributed by atoms with E-state index in [0.29, 0.717) is 11.8 Å². The second-order valence-electron chi connectivity index (χ2n) is 3.91. The molecule has 2 aromatic rings. The molecule has 0 unspecified atom stereocenters. The minimum Gasteiger partial charge on any atom is -0.419 e. The van der Waals surface area contributed by atoms with Crippen LogP contribution in [0.2, 0.25) is 0 Å². The number of hydrogen-bond donors (Lipinski definition) is 0. The minimum atomic E-state index is 0.247. The molecule has 3 nitrogen and oxygen atoms in total. The van der Waals surface area contributed by atoms with Gasteiger partial charge in [-0.25, -0.2) is 0 Å². The van der Waals surface area contributed by atoms with E-state index in [4.69, 9.17) is 16.0 Å². The van der Waals surface area contributed by atoms with E-state index >= 15 is 0 Å². The summed E-state index contributed by atoms with van der Waals surface area (Å²) in [6.45, 7) is 6.15. The molecule has 1 aromatic carbocycles. The molecule has 16 heavy (non-hydrogen) atoms. The molecule has 0 radical (unpaired) electrons. The van der Waals surface area contributed by atoms with E-state index in [-0.39, 0.29) is 5.88 Å². The van der Waals surface area contributed by atoms with Gasteiger partial charge in [0.1, 0.15) is 5.88 Å². The van der Waals surface area contributed by atoms with Crippen molar-refractivity contribution in [1.82, 2.24) is 10.2 Å². The summed E-state index contributed by atoms with van der Waals surface area (Å²) >= 11 is 5.64. The van der Waals surface area contributed by atoms with Crippen LogP contribution in [0.3, 0.4) is 0 Å². The van der Waals surface area contributed by atoms with Crippen LogP contribution in [0, 0.1) is 20.8 Å². The topological polar surface area (TPSA) is 38.9 Å². The molecule has 0 atom stereocenters. The highest BCUT2D eigenvalue weighted by molar-refractivity contribution is 6.16. The van der Waals surface area contributed by atoms with Crippen LogP contribution >= 0.6 is 11.6 Å². The smallest absolute Gasteiger partial charge is 0.248 e. The highest BCUT2D eigenvalue weighted by Crippen LogP contribution is 2.27. The van der Waals surface area contributed by atoms with Crippen molar-refractivity contribution in [2.24, 2.45) is 0 Å². The minimum absolute atomic E-state index is 0.247. The average molecular weight is 237 g/mol. The average Bonchev–Trinajstić information content (AvgIpc) is 2.64. The van der Waals surface area contributed by atoms with E-state index in [1.165, 1.54) is 5.56 Å². The van der Waals surface area contributed by atoms with Gasteiger partial charge in [-0.15, -0.1) is 21.8 Å². The molecule has 1 aromatic heterocycles. The number of aryl methyl sites for hydroxylation is 3. The van der Waals surface area contributed by atoms with Crippen LogP contribution in [0.1, 0.15) is 22.6 Å². The van der Waals surface area contributed by atoms with Gasteiger partial charge in [0.05, 0.1) is 0 Å². The molecule has 0 fully saturated rings. The number of halogens is 1. The maximum atomic E-state index is 5.64. The Kier molecular flexibility index (Phi) is 2.97. The largest absolute Gasteiger partial charge is 0.419 e. The summed E-state index contributed by atoms with van der Waals surface area (Å²) in [5.41, 5.74) is 4.52. The van der Waals surface area contributed by atoms with Crippen LogP contribution in [0.5, 0.6) is 0 Å². The monoisotopic (exact) mass is 236 g/mol. The number of alkyl halides is 1. The zero-order chi connectivity index (χ0) is 11.7. The van der Waals surface area contributed by atoms with Crippen LogP contribution in [0.15, 0.2) is 16.5 Å². The standard InChI is InChI=1S/C12H13ClN2O/c1-7-4-8(2)11(9(3)5-7)12-15-14-10(6-13)16-12/h4-5H,6H2,1-3H3. The molecule has 0 aliphatic rings. The van der Waals surface area contributed by atoms with Crippen LogP contribution in [-0.2, 0) is 5.88 Å². The summed E-state index contributed by atoms with van der Waals surface area (Å²) in [6, 6.07) is 4.21. The molecule has 2 rings (SSSR count). The van der Waals surface area contributed by atoms with Gasteiger partial charge in [-0.05, 0) is 31.9 Å². The van der Waals surface area contributed by atoms with Crippen LogP contribution in [0.4, 0.5) is 0 Å². The van der Waals surface area contributed by atoms with E-state index in [2.05, 4.69) is 29.3 Å². The summed E-state index contributed by atoms with van der Waals surface area (Å²) in [7, 11) is 0. The zero-order valence-corrected chi connectivity index (χ0v) is 10.3. The van der Waals surface area contributed by atoms with Crippen molar-refractivity contribution in [3.05, 3.63) is 34.7 Å². The lowest BCUT2D eigenvalue weighted by molar-refractivity contribution is 0.526. The number of hydrogen-bond acceptors (Lipinski definition) is 3. The maximum absolute atomic E-state index is 5.64. The van der Waals surface area contributed by atoms with Crippen molar-refractivity contribution in [3.63, 3.8) is 0 Å². The van der Waals surface area contributed by atoms with Gasteiger partial charge >= 0.3 is 0 Å². The van der Waals surface area contributed by atoms with Gasteiger partial charge in [0.2, 0.25) is 11.8 Å². The molecule has 0 aliphatic heterocycles. The number of nitrogens with zero attached hydrogens (tertiary/aromatic N) is 2. The lowest BCUT2D eigenvalue weighted by atomic mass is 10.00. The third-order valence-corrected chi connectivity index (χ3v) is 2.70. The fraction of sp³-hybridized carbons (Fsp3) is 0.333. The highest BCUT2D eigenvalue weighted by atomic mass is 35.5. The van der Waals surface area contributed by atoms with E-state index in [1.54, 1.807) is 0 Å². The Morgan fingerprint density at radius 3 is 2.25 bits per heavy atom. The van der Waals surface area contributed by atoms with Gasteiger partial charge in [0.15, 0.2) is 0 Å². The van der Waals surface area contributed by atoms with Crippen molar-refractivity contribution in [3.8, 4) is 11.5 Å². The van der Waals surface area contributed by atoms with Gasteiger partial charge in [-0.3, -0.25) is 0 Å². The highest BCUT2D eigenvalue weighted by Gasteiger charge is 2.13. The van der Waals surface area contributed by atoms with E-state index in [9.17, 15) is 0 Å². The Morgan fingerprint density at radius 1 is 1.12 bits per heavy atom. The van der Waals surface area contributed by atoms with Crippen molar-refractivity contribution in [2.45, 2.75) is 26.7 Å². The Morgan fingerprint density at radius 2 is 1.75 bits per heavy atom. The molecule has 0 spiro atoms. The fourth-order valence-corrected chi connectivity index (χ4v) is 2.03. The first-order valence-electron chi connectivity index (χ1n) is 5.08. The molecule has 84 valence electrons. The quantitative estimate of drug-likeness (QED) is 0.751. The molecule has 4 heteroatoms. The van der Waals surface area contributed by atoms with Crippen LogP contribution in [0.25, 0.3) is 11.5 Å². The third-order valence-electron chi connectivity index (χ3n) is 2.47.